The van der Waals surface area contributed by atoms with Gasteiger partial charge in [0, 0.05) is 13.6 Å². The van der Waals surface area contributed by atoms with Gasteiger partial charge in [-0.2, -0.15) is 5.10 Å². The average molecular weight is 259 g/mol. The summed E-state index contributed by atoms with van der Waals surface area (Å²) in [4.78, 5) is 15.9. The van der Waals surface area contributed by atoms with E-state index in [9.17, 15) is 4.79 Å². The summed E-state index contributed by atoms with van der Waals surface area (Å²) in [5.74, 6) is 0.538. The van der Waals surface area contributed by atoms with Crippen LogP contribution in [0.3, 0.4) is 0 Å². The van der Waals surface area contributed by atoms with Crippen LogP contribution in [0.15, 0.2) is 30.6 Å². The highest BCUT2D eigenvalue weighted by atomic mass is 16.1. The SMILES string of the molecule is Cn1cnc(CNC(=O)Cc2ccccc2CN)n1. The Labute approximate surface area is 111 Å². The Morgan fingerprint density at radius 1 is 1.37 bits per heavy atom. The van der Waals surface area contributed by atoms with Crippen LogP contribution in [0, 0.1) is 0 Å². The molecule has 1 aromatic heterocycles. The zero-order valence-electron chi connectivity index (χ0n) is 10.8. The third-order valence-electron chi connectivity index (χ3n) is 2.78. The number of aryl methyl sites for hydroxylation is 1. The first kappa shape index (κ1) is 13.2. The van der Waals surface area contributed by atoms with Gasteiger partial charge in [0.2, 0.25) is 5.91 Å². The highest BCUT2D eigenvalue weighted by Gasteiger charge is 2.07. The molecule has 0 aliphatic rings. The maximum atomic E-state index is 11.8. The number of amides is 1. The fourth-order valence-corrected chi connectivity index (χ4v) is 1.81. The monoisotopic (exact) mass is 259 g/mol. The number of nitrogens with zero attached hydrogens (tertiary/aromatic N) is 3. The van der Waals surface area contributed by atoms with Crippen LogP contribution in [0.1, 0.15) is 17.0 Å². The normalized spacial score (nSPS) is 10.4. The van der Waals surface area contributed by atoms with Gasteiger partial charge in [-0.1, -0.05) is 24.3 Å². The molecule has 0 aliphatic heterocycles. The van der Waals surface area contributed by atoms with Crippen molar-refractivity contribution in [2.75, 3.05) is 0 Å². The van der Waals surface area contributed by atoms with Gasteiger partial charge in [0.15, 0.2) is 5.82 Å². The third-order valence-corrected chi connectivity index (χ3v) is 2.78. The predicted molar refractivity (Wildman–Crippen MR) is 70.9 cm³/mol. The summed E-state index contributed by atoms with van der Waals surface area (Å²) >= 11 is 0. The molecule has 0 fully saturated rings. The number of nitrogens with one attached hydrogen (secondary N) is 1. The molecule has 6 heteroatoms. The summed E-state index contributed by atoms with van der Waals surface area (Å²) in [5, 5.41) is 6.89. The largest absolute Gasteiger partial charge is 0.348 e. The van der Waals surface area contributed by atoms with Crippen LogP contribution in [0.2, 0.25) is 0 Å². The molecule has 0 unspecified atom stereocenters. The summed E-state index contributed by atoms with van der Waals surface area (Å²) in [6.45, 7) is 0.774. The van der Waals surface area contributed by atoms with E-state index in [2.05, 4.69) is 15.4 Å². The van der Waals surface area contributed by atoms with Gasteiger partial charge in [0.05, 0.1) is 13.0 Å². The number of nitrogens with two attached hydrogens (primary N) is 1. The van der Waals surface area contributed by atoms with E-state index in [-0.39, 0.29) is 5.91 Å². The maximum Gasteiger partial charge on any atom is 0.224 e. The molecule has 0 bridgehead atoms. The highest BCUT2D eigenvalue weighted by Crippen LogP contribution is 2.08. The maximum absolute atomic E-state index is 11.8. The summed E-state index contributed by atoms with van der Waals surface area (Å²) in [6.07, 6.45) is 1.92. The second-order valence-corrected chi connectivity index (χ2v) is 4.26. The van der Waals surface area contributed by atoms with Crippen LogP contribution in [-0.4, -0.2) is 20.7 Å². The molecular formula is C13H17N5O. The summed E-state index contributed by atoms with van der Waals surface area (Å²) in [5.41, 5.74) is 7.59. The topological polar surface area (TPSA) is 85.8 Å². The van der Waals surface area contributed by atoms with Gasteiger partial charge in [0.1, 0.15) is 6.33 Å². The van der Waals surface area contributed by atoms with Gasteiger partial charge in [-0.25, -0.2) is 4.98 Å². The Kier molecular flexibility index (Phi) is 4.25. The van der Waals surface area contributed by atoms with Crippen molar-refractivity contribution >= 4 is 5.91 Å². The minimum Gasteiger partial charge on any atom is -0.348 e. The van der Waals surface area contributed by atoms with Crippen molar-refractivity contribution in [2.45, 2.75) is 19.5 Å². The standard InChI is InChI=1S/C13H17N5O/c1-18-9-16-12(17-18)8-15-13(19)6-10-4-2-3-5-11(10)7-14/h2-5,9H,6-8,14H2,1H3,(H,15,19). The zero-order valence-corrected chi connectivity index (χ0v) is 10.8. The van der Waals surface area contributed by atoms with Crippen molar-refractivity contribution in [1.29, 1.82) is 0 Å². The first-order chi connectivity index (χ1) is 9.19. The van der Waals surface area contributed by atoms with E-state index in [0.29, 0.717) is 25.3 Å². The van der Waals surface area contributed by atoms with Crippen LogP contribution in [0.5, 0.6) is 0 Å². The van der Waals surface area contributed by atoms with Crippen molar-refractivity contribution in [1.82, 2.24) is 20.1 Å². The molecule has 3 N–H and O–H groups in total. The van der Waals surface area contributed by atoms with Crippen molar-refractivity contribution in [3.05, 3.63) is 47.5 Å². The highest BCUT2D eigenvalue weighted by molar-refractivity contribution is 5.78. The first-order valence-corrected chi connectivity index (χ1v) is 6.07. The zero-order chi connectivity index (χ0) is 13.7. The Bertz CT molecular complexity index is 564. The Morgan fingerprint density at radius 3 is 2.74 bits per heavy atom. The number of hydrogen-bond acceptors (Lipinski definition) is 4. The van der Waals surface area contributed by atoms with Gasteiger partial charge in [-0.15, -0.1) is 0 Å². The molecule has 0 aliphatic carbocycles. The molecule has 100 valence electrons. The molecule has 0 saturated heterocycles. The first-order valence-electron chi connectivity index (χ1n) is 6.07. The molecule has 0 saturated carbocycles. The van der Waals surface area contributed by atoms with E-state index in [0.717, 1.165) is 11.1 Å². The average Bonchev–Trinajstić information content (AvgIpc) is 2.83. The number of carbonyl (C=O) groups excluding carboxylic acids is 1. The second-order valence-electron chi connectivity index (χ2n) is 4.26. The fourth-order valence-electron chi connectivity index (χ4n) is 1.81. The lowest BCUT2D eigenvalue weighted by molar-refractivity contribution is -0.120. The molecule has 1 aromatic carbocycles. The van der Waals surface area contributed by atoms with E-state index in [1.807, 2.05) is 24.3 Å². The number of hydrogen-bond donors (Lipinski definition) is 2. The van der Waals surface area contributed by atoms with Gasteiger partial charge in [-0.05, 0) is 11.1 Å². The number of rotatable bonds is 5. The predicted octanol–water partition coefficient (Wildman–Crippen LogP) is 0.133. The van der Waals surface area contributed by atoms with Gasteiger partial charge < -0.3 is 11.1 Å². The smallest absolute Gasteiger partial charge is 0.224 e. The van der Waals surface area contributed by atoms with Crippen molar-refractivity contribution < 1.29 is 4.79 Å². The number of aromatic nitrogens is 3. The Balaban J connectivity index is 1.90. The molecular weight excluding hydrogens is 242 g/mol. The van der Waals surface area contributed by atoms with Gasteiger partial charge >= 0.3 is 0 Å². The van der Waals surface area contributed by atoms with Crippen LogP contribution < -0.4 is 11.1 Å². The molecule has 6 nitrogen and oxygen atoms in total. The van der Waals surface area contributed by atoms with Crippen molar-refractivity contribution in [3.63, 3.8) is 0 Å². The summed E-state index contributed by atoms with van der Waals surface area (Å²) in [6, 6.07) is 7.67. The van der Waals surface area contributed by atoms with E-state index in [1.165, 1.54) is 0 Å². The quantitative estimate of drug-likeness (QED) is 0.799. The molecule has 1 amide bonds. The molecule has 1 heterocycles. The van der Waals surface area contributed by atoms with Crippen molar-refractivity contribution in [3.8, 4) is 0 Å². The second kappa shape index (κ2) is 6.10. The van der Waals surface area contributed by atoms with E-state index < -0.39 is 0 Å². The molecule has 0 atom stereocenters. The molecule has 2 aromatic rings. The fraction of sp³-hybridized carbons (Fsp3) is 0.308. The minimum atomic E-state index is -0.0617. The van der Waals surface area contributed by atoms with Crippen molar-refractivity contribution in [2.24, 2.45) is 12.8 Å². The molecule has 0 radical (unpaired) electrons. The lowest BCUT2D eigenvalue weighted by atomic mass is 10.0. The minimum absolute atomic E-state index is 0.0617. The number of benzene rings is 1. The molecule has 2 rings (SSSR count). The Hall–Kier alpha value is -2.21. The van der Waals surface area contributed by atoms with Crippen LogP contribution in [0.25, 0.3) is 0 Å². The van der Waals surface area contributed by atoms with E-state index in [4.69, 9.17) is 5.73 Å². The molecule has 0 spiro atoms. The summed E-state index contributed by atoms with van der Waals surface area (Å²) in [7, 11) is 1.79. The van der Waals surface area contributed by atoms with Crippen LogP contribution in [0.4, 0.5) is 0 Å². The van der Waals surface area contributed by atoms with Gasteiger partial charge in [-0.3, -0.25) is 9.48 Å². The van der Waals surface area contributed by atoms with E-state index in [1.54, 1.807) is 18.1 Å². The third kappa shape index (κ3) is 3.62. The van der Waals surface area contributed by atoms with Crippen LogP contribution in [-0.2, 0) is 31.4 Å². The van der Waals surface area contributed by atoms with Crippen LogP contribution >= 0.6 is 0 Å². The lowest BCUT2D eigenvalue weighted by Crippen LogP contribution is -2.25. The summed E-state index contributed by atoms with van der Waals surface area (Å²) < 4.78 is 1.60. The van der Waals surface area contributed by atoms with E-state index >= 15 is 0 Å². The number of carbonyl (C=O) groups is 1. The lowest BCUT2D eigenvalue weighted by Gasteiger charge is -2.07. The Morgan fingerprint density at radius 2 is 2.11 bits per heavy atom. The molecule has 19 heavy (non-hydrogen) atoms. The van der Waals surface area contributed by atoms with Gasteiger partial charge in [0.25, 0.3) is 0 Å².